The zero-order valence-electron chi connectivity index (χ0n) is 17.4. The summed E-state index contributed by atoms with van der Waals surface area (Å²) in [5.41, 5.74) is 1.69. The number of hydrogen-bond donors (Lipinski definition) is 2. The average Bonchev–Trinajstić information content (AvgIpc) is 2.98. The van der Waals surface area contributed by atoms with E-state index >= 15 is 0 Å². The van der Waals surface area contributed by atoms with Crippen LogP contribution in [0.3, 0.4) is 0 Å². The number of ketones is 1. The second-order valence-corrected chi connectivity index (χ2v) is 11.0. The van der Waals surface area contributed by atoms with E-state index in [4.69, 9.17) is 0 Å². The van der Waals surface area contributed by atoms with Crippen molar-refractivity contribution in [1.29, 1.82) is 0 Å². The minimum Gasteiger partial charge on any atom is -0.289 e. The number of fused-ring (bicyclic) bond motifs is 3. The summed E-state index contributed by atoms with van der Waals surface area (Å²) in [7, 11) is -7.52. The zero-order valence-corrected chi connectivity index (χ0v) is 19.0. The summed E-state index contributed by atoms with van der Waals surface area (Å²) in [4.78, 5) is 13.0. The smallest absolute Gasteiger partial charge is 0.240 e. The molecule has 0 radical (unpaired) electrons. The van der Waals surface area contributed by atoms with Crippen molar-refractivity contribution in [1.82, 2.24) is 9.44 Å². The molecule has 3 rings (SSSR count). The lowest BCUT2D eigenvalue weighted by Crippen LogP contribution is -2.32. The number of rotatable bonds is 8. The Morgan fingerprint density at radius 3 is 1.40 bits per heavy atom. The van der Waals surface area contributed by atoms with Gasteiger partial charge in [0.2, 0.25) is 20.0 Å². The number of carbonyl (C=O) groups is 1. The van der Waals surface area contributed by atoms with Gasteiger partial charge in [0.1, 0.15) is 0 Å². The quantitative estimate of drug-likeness (QED) is 0.548. The highest BCUT2D eigenvalue weighted by atomic mass is 32.2. The lowest BCUT2D eigenvalue weighted by Gasteiger charge is -2.13. The van der Waals surface area contributed by atoms with E-state index < -0.39 is 20.0 Å². The topological polar surface area (TPSA) is 109 Å². The van der Waals surface area contributed by atoms with Crippen LogP contribution in [-0.2, 0) is 20.0 Å². The van der Waals surface area contributed by atoms with Gasteiger partial charge < -0.3 is 0 Å². The number of benzene rings is 2. The van der Waals surface area contributed by atoms with Gasteiger partial charge >= 0.3 is 0 Å². The van der Waals surface area contributed by atoms with Crippen LogP contribution >= 0.6 is 0 Å². The molecule has 9 heteroatoms. The molecule has 2 N–H and O–H groups in total. The normalized spacial score (nSPS) is 15.5. The van der Waals surface area contributed by atoms with Crippen LogP contribution in [0.4, 0.5) is 0 Å². The van der Waals surface area contributed by atoms with E-state index in [9.17, 15) is 21.6 Å². The summed E-state index contributed by atoms with van der Waals surface area (Å²) in [5.74, 6) is -0.388. The van der Waals surface area contributed by atoms with Gasteiger partial charge in [-0.2, -0.15) is 0 Å². The van der Waals surface area contributed by atoms with E-state index in [1.54, 1.807) is 26.0 Å². The van der Waals surface area contributed by atoms with Crippen molar-refractivity contribution < 1.29 is 21.6 Å². The van der Waals surface area contributed by atoms with E-state index in [-0.39, 0.29) is 38.8 Å². The molecule has 1 aliphatic carbocycles. The molecule has 2 aromatic carbocycles. The first kappa shape index (κ1) is 22.6. The molecule has 0 fully saturated rings. The third-order valence-electron chi connectivity index (χ3n) is 5.32. The molecule has 0 saturated heterocycles. The fourth-order valence-corrected chi connectivity index (χ4v) is 5.91. The maximum atomic E-state index is 13.0. The van der Waals surface area contributed by atoms with Gasteiger partial charge in [0.25, 0.3) is 0 Å². The fourth-order valence-electron chi connectivity index (χ4n) is 3.20. The van der Waals surface area contributed by atoms with Crippen LogP contribution < -0.4 is 9.44 Å². The second kappa shape index (κ2) is 8.22. The van der Waals surface area contributed by atoms with Crippen LogP contribution in [0.2, 0.25) is 0 Å². The monoisotopic (exact) mass is 450 g/mol. The molecule has 30 heavy (non-hydrogen) atoms. The summed E-state index contributed by atoms with van der Waals surface area (Å²) >= 11 is 0. The van der Waals surface area contributed by atoms with Gasteiger partial charge in [0.05, 0.1) is 9.79 Å². The number of nitrogens with one attached hydrogen (secondary N) is 2. The van der Waals surface area contributed by atoms with Crippen molar-refractivity contribution in [2.24, 2.45) is 0 Å². The minimum atomic E-state index is -3.76. The summed E-state index contributed by atoms with van der Waals surface area (Å²) in [6.07, 6.45) is 1.27. The Morgan fingerprint density at radius 2 is 1.07 bits per heavy atom. The maximum Gasteiger partial charge on any atom is 0.240 e. The number of hydrogen-bond acceptors (Lipinski definition) is 5. The highest BCUT2D eigenvalue weighted by Gasteiger charge is 2.30. The van der Waals surface area contributed by atoms with Gasteiger partial charge in [0.15, 0.2) is 5.78 Å². The van der Waals surface area contributed by atoms with Crippen LogP contribution in [0.15, 0.2) is 46.2 Å². The van der Waals surface area contributed by atoms with Crippen LogP contribution in [0.1, 0.15) is 56.5 Å². The Morgan fingerprint density at radius 1 is 0.700 bits per heavy atom. The van der Waals surface area contributed by atoms with Gasteiger partial charge in [-0.1, -0.05) is 26.0 Å². The first-order valence-corrected chi connectivity index (χ1v) is 12.8. The molecular formula is C21H26N2O5S2. The van der Waals surface area contributed by atoms with Gasteiger partial charge in [-0.05, 0) is 62.1 Å². The molecule has 1 aliphatic rings. The molecule has 7 nitrogen and oxygen atoms in total. The molecule has 162 valence electrons. The van der Waals surface area contributed by atoms with Gasteiger partial charge in [0, 0.05) is 23.2 Å². The van der Waals surface area contributed by atoms with Crippen molar-refractivity contribution >= 4 is 25.8 Å². The molecule has 2 aromatic rings. The van der Waals surface area contributed by atoms with E-state index in [1.807, 2.05) is 13.8 Å². The van der Waals surface area contributed by atoms with E-state index in [0.717, 1.165) is 0 Å². The Hall–Kier alpha value is -2.07. The third kappa shape index (κ3) is 4.20. The van der Waals surface area contributed by atoms with Gasteiger partial charge in [-0.15, -0.1) is 0 Å². The third-order valence-corrected chi connectivity index (χ3v) is 8.49. The predicted octanol–water partition coefficient (Wildman–Crippen LogP) is 3.05. The Kier molecular flexibility index (Phi) is 6.20. The van der Waals surface area contributed by atoms with Crippen molar-refractivity contribution in [3.05, 3.63) is 47.5 Å². The Labute approximate surface area is 178 Å². The van der Waals surface area contributed by atoms with Crippen LogP contribution in [-0.4, -0.2) is 34.7 Å². The lowest BCUT2D eigenvalue weighted by atomic mass is 10.1. The zero-order chi connectivity index (χ0) is 22.3. The van der Waals surface area contributed by atoms with Crippen molar-refractivity contribution in [2.45, 2.75) is 62.4 Å². The molecule has 2 unspecified atom stereocenters. The SMILES string of the molecule is CCC(C)NS(=O)(=O)c1ccc2c(c1)C(=O)c1cc(S(=O)(=O)NC(C)CC)ccc1-2. The van der Waals surface area contributed by atoms with Gasteiger partial charge in [-0.3, -0.25) is 4.79 Å². The molecule has 0 spiro atoms. The van der Waals surface area contributed by atoms with Gasteiger partial charge in [-0.25, -0.2) is 26.3 Å². The van der Waals surface area contributed by atoms with Crippen molar-refractivity contribution in [3.8, 4) is 11.1 Å². The number of carbonyl (C=O) groups excluding carboxylic acids is 1. The predicted molar refractivity (Wildman–Crippen MR) is 115 cm³/mol. The minimum absolute atomic E-state index is 0.00832. The summed E-state index contributed by atoms with van der Waals surface area (Å²) in [6, 6.07) is 8.35. The van der Waals surface area contributed by atoms with Crippen molar-refractivity contribution in [2.75, 3.05) is 0 Å². The largest absolute Gasteiger partial charge is 0.289 e. The number of sulfonamides is 2. The van der Waals surface area contributed by atoms with E-state index in [1.165, 1.54) is 24.3 Å². The second-order valence-electron chi connectivity index (χ2n) is 7.61. The van der Waals surface area contributed by atoms with E-state index in [0.29, 0.717) is 24.0 Å². The molecule has 0 amide bonds. The Bertz CT molecular complexity index is 1110. The van der Waals surface area contributed by atoms with Crippen LogP contribution in [0.25, 0.3) is 11.1 Å². The molecule has 0 saturated carbocycles. The highest BCUT2D eigenvalue weighted by Crippen LogP contribution is 2.38. The lowest BCUT2D eigenvalue weighted by molar-refractivity contribution is 0.104. The van der Waals surface area contributed by atoms with Crippen LogP contribution in [0, 0.1) is 0 Å². The first-order valence-electron chi connectivity index (χ1n) is 9.88. The first-order chi connectivity index (χ1) is 14.0. The molecule has 0 bridgehead atoms. The molecular weight excluding hydrogens is 424 g/mol. The van der Waals surface area contributed by atoms with E-state index in [2.05, 4.69) is 9.44 Å². The molecule has 0 heterocycles. The Balaban J connectivity index is 2.00. The summed E-state index contributed by atoms with van der Waals surface area (Å²) in [6.45, 7) is 7.28. The summed E-state index contributed by atoms with van der Waals surface area (Å²) < 4.78 is 55.5. The standard InChI is InChI=1S/C21H26N2O5S2/c1-5-13(3)22-29(25,26)15-7-9-17-18-10-8-16(30(27,28)23-14(4)6-2)12-20(18)21(24)19(17)11-15/h7-14,22-23H,5-6H2,1-4H3. The fraction of sp³-hybridized carbons (Fsp3) is 0.381. The van der Waals surface area contributed by atoms with Crippen molar-refractivity contribution in [3.63, 3.8) is 0 Å². The molecule has 0 aliphatic heterocycles. The molecule has 2 atom stereocenters. The maximum absolute atomic E-state index is 13.0. The highest BCUT2D eigenvalue weighted by molar-refractivity contribution is 7.89. The molecule has 0 aromatic heterocycles. The van der Waals surface area contributed by atoms with Crippen LogP contribution in [0.5, 0.6) is 0 Å². The summed E-state index contributed by atoms with van der Waals surface area (Å²) in [5, 5.41) is 0. The average molecular weight is 451 g/mol.